The van der Waals surface area contributed by atoms with Gasteiger partial charge >= 0.3 is 0 Å². The summed E-state index contributed by atoms with van der Waals surface area (Å²) in [7, 11) is 0. The lowest BCUT2D eigenvalue weighted by atomic mass is 10.1. The zero-order valence-electron chi connectivity index (χ0n) is 15.3. The Labute approximate surface area is 163 Å². The van der Waals surface area contributed by atoms with Crippen molar-refractivity contribution in [2.75, 3.05) is 31.7 Å². The van der Waals surface area contributed by atoms with Crippen molar-refractivity contribution in [2.24, 2.45) is 0 Å². The van der Waals surface area contributed by atoms with Crippen molar-refractivity contribution >= 4 is 23.2 Å². The average molecular weight is 392 g/mol. The van der Waals surface area contributed by atoms with Crippen molar-refractivity contribution in [3.05, 3.63) is 40.9 Å². The van der Waals surface area contributed by atoms with E-state index >= 15 is 0 Å². The number of fused-ring (bicyclic) bond motifs is 1. The fourth-order valence-electron chi connectivity index (χ4n) is 2.69. The summed E-state index contributed by atoms with van der Waals surface area (Å²) in [5.74, 6) is 1.86. The van der Waals surface area contributed by atoms with Gasteiger partial charge in [-0.15, -0.1) is 0 Å². The molecule has 1 N–H and O–H groups in total. The molecule has 0 spiro atoms. The van der Waals surface area contributed by atoms with Crippen molar-refractivity contribution in [3.63, 3.8) is 0 Å². The summed E-state index contributed by atoms with van der Waals surface area (Å²) in [5.41, 5.74) is 0.978. The van der Waals surface area contributed by atoms with E-state index in [1.54, 1.807) is 30.3 Å². The van der Waals surface area contributed by atoms with Crippen molar-refractivity contribution in [1.29, 1.82) is 0 Å². The molecule has 0 saturated carbocycles. The standard InChI is InChI=1S/C20H22ClNO5/c1-3-24-16-7-6-14(12-17(16)25-4-2)22-20(23)13-10-15(21)19-18(11-13)26-8-5-9-27-19/h6-7,10-12H,3-5,8-9H2,1-2H3,(H,22,23). The van der Waals surface area contributed by atoms with Crippen molar-refractivity contribution in [3.8, 4) is 23.0 Å². The number of amides is 1. The molecule has 0 aromatic heterocycles. The van der Waals surface area contributed by atoms with E-state index in [0.29, 0.717) is 65.7 Å². The highest BCUT2D eigenvalue weighted by molar-refractivity contribution is 6.32. The van der Waals surface area contributed by atoms with Crippen LogP contribution in [0, 0.1) is 0 Å². The number of carbonyl (C=O) groups excluding carboxylic acids is 1. The van der Waals surface area contributed by atoms with E-state index in [1.165, 1.54) is 0 Å². The van der Waals surface area contributed by atoms with Crippen LogP contribution >= 0.6 is 11.6 Å². The molecule has 27 heavy (non-hydrogen) atoms. The molecule has 1 aliphatic rings. The molecule has 7 heteroatoms. The molecule has 2 aromatic rings. The van der Waals surface area contributed by atoms with Gasteiger partial charge in [0, 0.05) is 23.7 Å². The second kappa shape index (κ2) is 8.86. The number of hydrogen-bond donors (Lipinski definition) is 1. The highest BCUT2D eigenvalue weighted by Gasteiger charge is 2.19. The molecule has 6 nitrogen and oxygen atoms in total. The minimum atomic E-state index is -0.306. The summed E-state index contributed by atoms with van der Waals surface area (Å²) in [6.07, 6.45) is 0.763. The summed E-state index contributed by atoms with van der Waals surface area (Å²) in [5, 5.41) is 3.19. The molecular weight excluding hydrogens is 370 g/mol. The van der Waals surface area contributed by atoms with Crippen LogP contribution in [-0.2, 0) is 0 Å². The van der Waals surface area contributed by atoms with Gasteiger partial charge in [-0.1, -0.05) is 11.6 Å². The normalized spacial score (nSPS) is 12.9. The van der Waals surface area contributed by atoms with Gasteiger partial charge in [-0.3, -0.25) is 4.79 Å². The second-order valence-corrected chi connectivity index (χ2v) is 6.22. The minimum Gasteiger partial charge on any atom is -0.490 e. The lowest BCUT2D eigenvalue weighted by Crippen LogP contribution is -2.12. The van der Waals surface area contributed by atoms with Crippen LogP contribution in [-0.4, -0.2) is 32.3 Å². The van der Waals surface area contributed by atoms with Gasteiger partial charge in [0.1, 0.15) is 0 Å². The van der Waals surface area contributed by atoms with Crippen LogP contribution in [0.3, 0.4) is 0 Å². The number of nitrogens with one attached hydrogen (secondary N) is 1. The van der Waals surface area contributed by atoms with Crippen LogP contribution in [0.25, 0.3) is 0 Å². The summed E-state index contributed by atoms with van der Waals surface area (Å²) in [4.78, 5) is 12.7. The third kappa shape index (κ3) is 4.57. The van der Waals surface area contributed by atoms with E-state index in [2.05, 4.69) is 5.32 Å². The number of halogens is 1. The van der Waals surface area contributed by atoms with Crippen LogP contribution in [0.4, 0.5) is 5.69 Å². The molecule has 0 bridgehead atoms. The SMILES string of the molecule is CCOc1ccc(NC(=O)c2cc(Cl)c3c(c2)OCCCO3)cc1OCC. The van der Waals surface area contributed by atoms with Gasteiger partial charge in [0.05, 0.1) is 31.5 Å². The lowest BCUT2D eigenvalue weighted by Gasteiger charge is -2.14. The third-order valence-electron chi connectivity index (χ3n) is 3.87. The van der Waals surface area contributed by atoms with Gasteiger partial charge in [-0.05, 0) is 38.1 Å². The molecule has 0 saturated heterocycles. The predicted octanol–water partition coefficient (Wildman–Crippen LogP) is 4.55. The van der Waals surface area contributed by atoms with Crippen molar-refractivity contribution in [1.82, 2.24) is 0 Å². The molecule has 144 valence electrons. The summed E-state index contributed by atoms with van der Waals surface area (Å²) < 4.78 is 22.4. The molecule has 1 heterocycles. The van der Waals surface area contributed by atoms with E-state index < -0.39 is 0 Å². The quantitative estimate of drug-likeness (QED) is 0.782. The fraction of sp³-hybridized carbons (Fsp3) is 0.350. The van der Waals surface area contributed by atoms with Crippen LogP contribution in [0.5, 0.6) is 23.0 Å². The Bertz CT molecular complexity index is 824. The Morgan fingerprint density at radius 1 is 1.07 bits per heavy atom. The first kappa shape index (κ1) is 19.2. The van der Waals surface area contributed by atoms with Gasteiger partial charge in [0.25, 0.3) is 5.91 Å². The van der Waals surface area contributed by atoms with E-state index in [0.717, 1.165) is 6.42 Å². The minimum absolute atomic E-state index is 0.306. The Kier molecular flexibility index (Phi) is 6.29. The molecule has 2 aromatic carbocycles. The highest BCUT2D eigenvalue weighted by Crippen LogP contribution is 2.38. The van der Waals surface area contributed by atoms with E-state index in [1.807, 2.05) is 13.8 Å². The number of rotatable bonds is 6. The smallest absolute Gasteiger partial charge is 0.255 e. The maximum absolute atomic E-state index is 12.7. The van der Waals surface area contributed by atoms with Crippen molar-refractivity contribution in [2.45, 2.75) is 20.3 Å². The lowest BCUT2D eigenvalue weighted by molar-refractivity contribution is 0.102. The molecular formula is C20H22ClNO5. The molecule has 1 amide bonds. The number of carbonyl (C=O) groups is 1. The summed E-state index contributed by atoms with van der Waals surface area (Å²) in [6.45, 7) is 5.87. The first-order chi connectivity index (χ1) is 13.1. The van der Waals surface area contributed by atoms with E-state index in [4.69, 9.17) is 30.5 Å². The average Bonchev–Trinajstić information content (AvgIpc) is 2.90. The molecule has 0 fully saturated rings. The maximum atomic E-state index is 12.7. The molecule has 1 aliphatic heterocycles. The molecule has 0 aliphatic carbocycles. The monoisotopic (exact) mass is 391 g/mol. The van der Waals surface area contributed by atoms with Gasteiger partial charge in [-0.2, -0.15) is 0 Å². The summed E-state index contributed by atoms with van der Waals surface area (Å²) in [6, 6.07) is 8.47. The molecule has 0 radical (unpaired) electrons. The number of anilines is 1. The maximum Gasteiger partial charge on any atom is 0.255 e. The van der Waals surface area contributed by atoms with Gasteiger partial charge in [-0.25, -0.2) is 0 Å². The van der Waals surface area contributed by atoms with Gasteiger partial charge in [0.2, 0.25) is 0 Å². The van der Waals surface area contributed by atoms with E-state index in [-0.39, 0.29) is 5.91 Å². The Morgan fingerprint density at radius 3 is 2.59 bits per heavy atom. The highest BCUT2D eigenvalue weighted by atomic mass is 35.5. The van der Waals surface area contributed by atoms with Crippen LogP contribution in [0.2, 0.25) is 5.02 Å². The molecule has 3 rings (SSSR count). The third-order valence-corrected chi connectivity index (χ3v) is 4.15. The zero-order chi connectivity index (χ0) is 19.2. The van der Waals surface area contributed by atoms with Gasteiger partial charge in [0.15, 0.2) is 23.0 Å². The van der Waals surface area contributed by atoms with E-state index in [9.17, 15) is 4.79 Å². The molecule has 0 unspecified atom stereocenters. The van der Waals surface area contributed by atoms with Gasteiger partial charge < -0.3 is 24.3 Å². The van der Waals surface area contributed by atoms with Crippen LogP contribution < -0.4 is 24.3 Å². The second-order valence-electron chi connectivity index (χ2n) is 5.82. The Hall–Kier alpha value is -2.60. The Balaban J connectivity index is 1.82. The number of hydrogen-bond acceptors (Lipinski definition) is 5. The summed E-state index contributed by atoms with van der Waals surface area (Å²) >= 11 is 6.27. The van der Waals surface area contributed by atoms with Crippen LogP contribution in [0.15, 0.2) is 30.3 Å². The Morgan fingerprint density at radius 2 is 1.81 bits per heavy atom. The number of benzene rings is 2. The topological polar surface area (TPSA) is 66.0 Å². The van der Waals surface area contributed by atoms with Crippen molar-refractivity contribution < 1.29 is 23.7 Å². The number of ether oxygens (including phenoxy) is 4. The fourth-order valence-corrected chi connectivity index (χ4v) is 2.96. The van der Waals surface area contributed by atoms with Crippen LogP contribution in [0.1, 0.15) is 30.6 Å². The molecule has 0 atom stereocenters. The largest absolute Gasteiger partial charge is 0.490 e. The first-order valence-corrected chi connectivity index (χ1v) is 9.30. The zero-order valence-corrected chi connectivity index (χ0v) is 16.1. The first-order valence-electron chi connectivity index (χ1n) is 8.92. The predicted molar refractivity (Wildman–Crippen MR) is 104 cm³/mol.